The Morgan fingerprint density at radius 2 is 2.00 bits per heavy atom. The third-order valence-corrected chi connectivity index (χ3v) is 5.54. The van der Waals surface area contributed by atoms with Crippen LogP contribution >= 0.6 is 11.3 Å². The topological polar surface area (TPSA) is 90.3 Å². The van der Waals surface area contributed by atoms with Crippen LogP contribution in [0.5, 0.6) is 0 Å². The molecule has 0 aliphatic heterocycles. The molecule has 0 spiro atoms. The summed E-state index contributed by atoms with van der Waals surface area (Å²) in [7, 11) is 1.61. The van der Waals surface area contributed by atoms with Gasteiger partial charge in [-0.25, -0.2) is 9.78 Å². The van der Waals surface area contributed by atoms with Crippen molar-refractivity contribution < 1.29 is 14.3 Å². The van der Waals surface area contributed by atoms with Gasteiger partial charge in [0.1, 0.15) is 9.71 Å². The van der Waals surface area contributed by atoms with Gasteiger partial charge in [0.2, 0.25) is 0 Å². The van der Waals surface area contributed by atoms with E-state index in [4.69, 9.17) is 4.74 Å². The fourth-order valence-corrected chi connectivity index (χ4v) is 3.85. The molecule has 2 aromatic heterocycles. The largest absolute Gasteiger partial charge is 0.451 e. The van der Waals surface area contributed by atoms with Crippen LogP contribution in [0.3, 0.4) is 0 Å². The fraction of sp³-hybridized carbons (Fsp3) is 0.579. The van der Waals surface area contributed by atoms with E-state index in [1.165, 1.54) is 10.9 Å². The summed E-state index contributed by atoms with van der Waals surface area (Å²) in [5.74, 6) is -0.293. The fourth-order valence-electron chi connectivity index (χ4n) is 2.82. The second-order valence-corrected chi connectivity index (χ2v) is 8.27. The first-order valence-electron chi connectivity index (χ1n) is 9.12. The molecule has 2 rings (SSSR count). The van der Waals surface area contributed by atoms with Crippen LogP contribution in [0.2, 0.25) is 0 Å². The van der Waals surface area contributed by atoms with E-state index in [2.05, 4.69) is 24.1 Å². The molecule has 0 aliphatic rings. The number of amides is 1. The smallest absolute Gasteiger partial charge is 0.349 e. The number of nitrogens with zero attached hydrogens (tertiary/aromatic N) is 2. The van der Waals surface area contributed by atoms with Gasteiger partial charge in [-0.15, -0.1) is 11.3 Å². The maximum absolute atomic E-state index is 12.3. The molecule has 0 bridgehead atoms. The summed E-state index contributed by atoms with van der Waals surface area (Å²) in [5, 5.41) is 3.26. The molecule has 1 N–H and O–H groups in total. The Kier molecular flexibility index (Phi) is 7.12. The molecule has 0 saturated heterocycles. The number of hydrogen-bond donors (Lipinski definition) is 1. The molecule has 1 atom stereocenters. The highest BCUT2D eigenvalue weighted by Crippen LogP contribution is 2.27. The van der Waals surface area contributed by atoms with Gasteiger partial charge in [-0.1, -0.05) is 26.7 Å². The summed E-state index contributed by atoms with van der Waals surface area (Å²) in [6.07, 6.45) is 4.47. The number of esters is 1. The van der Waals surface area contributed by atoms with Gasteiger partial charge in [0.25, 0.3) is 11.5 Å². The van der Waals surface area contributed by atoms with Gasteiger partial charge in [-0.05, 0) is 31.7 Å². The highest BCUT2D eigenvalue weighted by molar-refractivity contribution is 7.20. The van der Waals surface area contributed by atoms with E-state index in [0.29, 0.717) is 26.6 Å². The van der Waals surface area contributed by atoms with Gasteiger partial charge in [0, 0.05) is 13.1 Å². The Hall–Kier alpha value is -2.22. The van der Waals surface area contributed by atoms with Crippen LogP contribution in [-0.2, 0) is 16.6 Å². The molecule has 0 fully saturated rings. The van der Waals surface area contributed by atoms with Gasteiger partial charge in [-0.3, -0.25) is 9.59 Å². The first-order valence-corrected chi connectivity index (χ1v) is 9.93. The number of nitrogens with one attached hydrogen (secondary N) is 1. The number of rotatable bonds is 8. The number of aromatic nitrogens is 2. The minimum Gasteiger partial charge on any atom is -0.451 e. The zero-order chi connectivity index (χ0) is 20.1. The Morgan fingerprint density at radius 3 is 2.67 bits per heavy atom. The lowest BCUT2D eigenvalue weighted by Crippen LogP contribution is -2.35. The molecule has 27 heavy (non-hydrogen) atoms. The molecule has 1 unspecified atom stereocenters. The highest BCUT2D eigenvalue weighted by Gasteiger charge is 2.21. The molecule has 2 aromatic rings. The van der Waals surface area contributed by atoms with E-state index in [1.807, 2.05) is 6.92 Å². The zero-order valence-electron chi connectivity index (χ0n) is 16.5. The van der Waals surface area contributed by atoms with Crippen molar-refractivity contribution in [2.75, 3.05) is 6.61 Å². The zero-order valence-corrected chi connectivity index (χ0v) is 17.3. The number of carbonyl (C=O) groups is 2. The van der Waals surface area contributed by atoms with E-state index >= 15 is 0 Å². The number of carbonyl (C=O) groups excluding carboxylic acids is 2. The molecule has 7 nitrogen and oxygen atoms in total. The third-order valence-electron chi connectivity index (χ3n) is 4.36. The quantitative estimate of drug-likeness (QED) is 0.697. The molecule has 0 saturated carbocycles. The van der Waals surface area contributed by atoms with E-state index in [0.717, 1.165) is 30.6 Å². The van der Waals surface area contributed by atoms with E-state index in [1.54, 1.807) is 14.0 Å². The van der Waals surface area contributed by atoms with Crippen LogP contribution in [0, 0.1) is 12.8 Å². The predicted octanol–water partition coefficient (Wildman–Crippen LogP) is 2.79. The molecule has 0 radical (unpaired) electrons. The molecule has 2 heterocycles. The summed E-state index contributed by atoms with van der Waals surface area (Å²) in [6, 6.07) is 0.0354. The van der Waals surface area contributed by atoms with Crippen molar-refractivity contribution in [3.05, 3.63) is 27.1 Å². The molecule has 1 amide bonds. The first-order chi connectivity index (χ1) is 12.7. The lowest BCUT2D eigenvalue weighted by atomic mass is 10.0. The van der Waals surface area contributed by atoms with Gasteiger partial charge < -0.3 is 14.6 Å². The molecular formula is C19H27N3O4S. The normalized spacial score (nSPS) is 12.4. The van der Waals surface area contributed by atoms with E-state index in [9.17, 15) is 14.4 Å². The first kappa shape index (κ1) is 21.1. The number of fused-ring (bicyclic) bond motifs is 1. The van der Waals surface area contributed by atoms with Crippen LogP contribution in [0.4, 0.5) is 0 Å². The summed E-state index contributed by atoms with van der Waals surface area (Å²) in [6.45, 7) is 7.63. The predicted molar refractivity (Wildman–Crippen MR) is 106 cm³/mol. The summed E-state index contributed by atoms with van der Waals surface area (Å²) in [5.41, 5.74) is 0.330. The van der Waals surface area contributed by atoms with Crippen LogP contribution in [-0.4, -0.2) is 34.1 Å². The van der Waals surface area contributed by atoms with Gasteiger partial charge in [0.15, 0.2) is 6.61 Å². The monoisotopic (exact) mass is 393 g/mol. The Labute approximate surface area is 162 Å². The third kappa shape index (κ3) is 5.38. The minimum atomic E-state index is -0.611. The lowest BCUT2D eigenvalue weighted by Gasteiger charge is -2.14. The van der Waals surface area contributed by atoms with Gasteiger partial charge in [-0.2, -0.15) is 0 Å². The SMILES string of the molecule is Cc1c(C(=O)OCC(=O)NC(C)CCCC(C)C)sc2ncn(C)c(=O)c12. The van der Waals surface area contributed by atoms with Crippen molar-refractivity contribution in [2.24, 2.45) is 13.0 Å². The molecule has 0 aromatic carbocycles. The van der Waals surface area contributed by atoms with Gasteiger partial charge >= 0.3 is 5.97 Å². The van der Waals surface area contributed by atoms with E-state index in [-0.39, 0.29) is 24.1 Å². The Balaban J connectivity index is 1.93. The summed E-state index contributed by atoms with van der Waals surface area (Å²) < 4.78 is 6.50. The summed E-state index contributed by atoms with van der Waals surface area (Å²) in [4.78, 5) is 41.5. The van der Waals surface area contributed by atoms with Crippen molar-refractivity contribution >= 4 is 33.4 Å². The Morgan fingerprint density at radius 1 is 1.30 bits per heavy atom. The van der Waals surface area contributed by atoms with Crippen molar-refractivity contribution in [2.45, 2.75) is 53.0 Å². The van der Waals surface area contributed by atoms with Crippen molar-refractivity contribution in [1.29, 1.82) is 0 Å². The van der Waals surface area contributed by atoms with Crippen LogP contribution in [0.1, 0.15) is 55.3 Å². The minimum absolute atomic E-state index is 0.0354. The van der Waals surface area contributed by atoms with E-state index < -0.39 is 5.97 Å². The number of hydrogen-bond acceptors (Lipinski definition) is 6. The van der Waals surface area contributed by atoms with Crippen molar-refractivity contribution in [3.63, 3.8) is 0 Å². The average Bonchev–Trinajstić information content (AvgIpc) is 2.93. The van der Waals surface area contributed by atoms with Crippen LogP contribution < -0.4 is 10.9 Å². The number of thiophene rings is 1. The second kappa shape index (κ2) is 9.12. The highest BCUT2D eigenvalue weighted by atomic mass is 32.1. The molecule has 148 valence electrons. The van der Waals surface area contributed by atoms with Crippen molar-refractivity contribution in [3.8, 4) is 0 Å². The summed E-state index contributed by atoms with van der Waals surface area (Å²) >= 11 is 1.10. The van der Waals surface area contributed by atoms with Crippen LogP contribution in [0.25, 0.3) is 10.2 Å². The maximum Gasteiger partial charge on any atom is 0.349 e. The standard InChI is InChI=1S/C19H27N3O4S/c1-11(2)7-6-8-12(3)21-14(23)9-26-19(25)16-13(4)15-17(27-16)20-10-22(5)18(15)24/h10-12H,6-9H2,1-5H3,(H,21,23). The average molecular weight is 394 g/mol. The molecular weight excluding hydrogens is 366 g/mol. The lowest BCUT2D eigenvalue weighted by molar-refractivity contribution is -0.124. The molecule has 0 aliphatic carbocycles. The maximum atomic E-state index is 12.3. The second-order valence-electron chi connectivity index (χ2n) is 7.27. The van der Waals surface area contributed by atoms with Crippen molar-refractivity contribution in [1.82, 2.24) is 14.9 Å². The Bertz CT molecular complexity index is 885. The number of ether oxygens (including phenoxy) is 1. The van der Waals surface area contributed by atoms with Crippen LogP contribution in [0.15, 0.2) is 11.1 Å². The van der Waals surface area contributed by atoms with Gasteiger partial charge in [0.05, 0.1) is 11.7 Å². The molecule has 8 heteroatoms. The number of aryl methyl sites for hydroxylation is 2.